The van der Waals surface area contributed by atoms with Crippen LogP contribution in [0.5, 0.6) is 5.75 Å². The standard InChI is InChI=1S/C21H18F4N6O/c22-14-7-11-1-3-15(27-16(11)8-17(14)32)20-29-28-18-4-2-12(9-31(18)20)19(21(23,24)25)30-6-5-13(26)10-30/h1-4,7-9,13,19,32H,5-6,10,26H2/t13?,19-/m1/s1. The lowest BCUT2D eigenvalue weighted by molar-refractivity contribution is -0.183. The van der Waals surface area contributed by atoms with Gasteiger partial charge in [0, 0.05) is 36.8 Å². The van der Waals surface area contributed by atoms with E-state index in [4.69, 9.17) is 5.73 Å². The molecule has 4 heterocycles. The molecule has 1 aliphatic rings. The van der Waals surface area contributed by atoms with Gasteiger partial charge in [0.05, 0.1) is 5.52 Å². The van der Waals surface area contributed by atoms with E-state index >= 15 is 0 Å². The molecular weight excluding hydrogens is 428 g/mol. The summed E-state index contributed by atoms with van der Waals surface area (Å²) in [7, 11) is 0. The molecular formula is C21H18F4N6O. The fourth-order valence-corrected chi connectivity index (χ4v) is 4.16. The highest BCUT2D eigenvalue weighted by molar-refractivity contribution is 5.82. The first-order chi connectivity index (χ1) is 15.2. The Labute approximate surface area is 179 Å². The molecule has 1 aromatic carbocycles. The van der Waals surface area contributed by atoms with Crippen molar-refractivity contribution in [1.29, 1.82) is 0 Å². The van der Waals surface area contributed by atoms with Gasteiger partial charge in [-0.3, -0.25) is 9.30 Å². The summed E-state index contributed by atoms with van der Waals surface area (Å²) in [5.41, 5.74) is 6.87. The average molecular weight is 446 g/mol. The van der Waals surface area contributed by atoms with Crippen molar-refractivity contribution in [3.63, 3.8) is 0 Å². The minimum absolute atomic E-state index is 0.0423. The lowest BCUT2D eigenvalue weighted by atomic mass is 10.1. The van der Waals surface area contributed by atoms with E-state index in [1.54, 1.807) is 12.1 Å². The molecule has 7 nitrogen and oxygen atoms in total. The zero-order chi connectivity index (χ0) is 22.6. The number of aromatic nitrogens is 4. The maximum absolute atomic E-state index is 14.0. The van der Waals surface area contributed by atoms with Crippen molar-refractivity contribution in [1.82, 2.24) is 24.5 Å². The number of benzene rings is 1. The molecule has 1 fully saturated rings. The molecule has 5 rings (SSSR count). The molecule has 0 saturated carbocycles. The molecule has 0 radical (unpaired) electrons. The summed E-state index contributed by atoms with van der Waals surface area (Å²) in [6, 6.07) is 6.26. The SMILES string of the molecule is NC1CCN([C@H](c2ccc3nnc(-c4ccc5cc(F)c(O)cc5n4)n3c2)C(F)(F)F)C1. The van der Waals surface area contributed by atoms with Gasteiger partial charge in [-0.1, -0.05) is 12.1 Å². The number of alkyl halides is 3. The van der Waals surface area contributed by atoms with E-state index < -0.39 is 23.8 Å². The van der Waals surface area contributed by atoms with Crippen LogP contribution in [0.3, 0.4) is 0 Å². The second-order valence-electron chi connectivity index (χ2n) is 7.89. The molecule has 4 aromatic rings. The lowest BCUT2D eigenvalue weighted by Crippen LogP contribution is -2.38. The van der Waals surface area contributed by atoms with Crippen LogP contribution in [0.15, 0.2) is 42.6 Å². The lowest BCUT2D eigenvalue weighted by Gasteiger charge is -2.30. The Morgan fingerprint density at radius 2 is 1.94 bits per heavy atom. The number of rotatable bonds is 3. The van der Waals surface area contributed by atoms with Crippen molar-refractivity contribution in [2.45, 2.75) is 24.7 Å². The second-order valence-corrected chi connectivity index (χ2v) is 7.89. The minimum Gasteiger partial charge on any atom is -0.505 e. The van der Waals surface area contributed by atoms with Gasteiger partial charge in [0.25, 0.3) is 0 Å². The van der Waals surface area contributed by atoms with Crippen molar-refractivity contribution in [3.05, 3.63) is 54.0 Å². The zero-order valence-electron chi connectivity index (χ0n) is 16.6. The van der Waals surface area contributed by atoms with Crippen molar-refractivity contribution in [3.8, 4) is 17.3 Å². The number of pyridine rings is 2. The van der Waals surface area contributed by atoms with Gasteiger partial charge in [-0.2, -0.15) is 13.2 Å². The molecule has 166 valence electrons. The summed E-state index contributed by atoms with van der Waals surface area (Å²) in [4.78, 5) is 5.72. The molecule has 0 amide bonds. The van der Waals surface area contributed by atoms with Gasteiger partial charge in [-0.15, -0.1) is 10.2 Å². The number of likely N-dealkylation sites (tertiary alicyclic amines) is 1. The van der Waals surface area contributed by atoms with Gasteiger partial charge >= 0.3 is 6.18 Å². The summed E-state index contributed by atoms with van der Waals surface area (Å²) in [6.07, 6.45) is -2.63. The molecule has 1 saturated heterocycles. The molecule has 1 unspecified atom stereocenters. The van der Waals surface area contributed by atoms with E-state index in [2.05, 4.69) is 15.2 Å². The number of phenols is 1. The Kier molecular flexibility index (Phi) is 4.75. The van der Waals surface area contributed by atoms with Crippen LogP contribution in [0.2, 0.25) is 0 Å². The van der Waals surface area contributed by atoms with Gasteiger partial charge in [0.2, 0.25) is 0 Å². The first kappa shape index (κ1) is 20.6. The van der Waals surface area contributed by atoms with E-state index in [1.165, 1.54) is 33.7 Å². The number of hydrogen-bond acceptors (Lipinski definition) is 6. The van der Waals surface area contributed by atoms with Crippen LogP contribution in [-0.4, -0.2) is 54.9 Å². The Hall–Kier alpha value is -3.31. The summed E-state index contributed by atoms with van der Waals surface area (Å²) >= 11 is 0. The smallest absolute Gasteiger partial charge is 0.408 e. The Balaban J connectivity index is 1.61. The topological polar surface area (TPSA) is 92.6 Å². The van der Waals surface area contributed by atoms with Crippen LogP contribution in [0.1, 0.15) is 18.0 Å². The van der Waals surface area contributed by atoms with E-state index in [0.717, 1.165) is 6.07 Å². The molecule has 0 bridgehead atoms. The van der Waals surface area contributed by atoms with Gasteiger partial charge in [0.1, 0.15) is 11.7 Å². The monoisotopic (exact) mass is 446 g/mol. The summed E-state index contributed by atoms with van der Waals surface area (Å²) in [6.45, 7) is 0.411. The third-order valence-corrected chi connectivity index (χ3v) is 5.66. The van der Waals surface area contributed by atoms with Crippen molar-refractivity contribution in [2.75, 3.05) is 13.1 Å². The molecule has 0 spiro atoms. The Bertz CT molecular complexity index is 1320. The molecule has 3 aromatic heterocycles. The number of hydrogen-bond donors (Lipinski definition) is 2. The van der Waals surface area contributed by atoms with E-state index in [9.17, 15) is 22.7 Å². The first-order valence-corrected chi connectivity index (χ1v) is 9.91. The predicted molar refractivity (Wildman–Crippen MR) is 108 cm³/mol. The summed E-state index contributed by atoms with van der Waals surface area (Å²) in [5, 5.41) is 18.2. The van der Waals surface area contributed by atoms with Crippen LogP contribution in [0, 0.1) is 5.82 Å². The molecule has 2 atom stereocenters. The number of fused-ring (bicyclic) bond motifs is 2. The predicted octanol–water partition coefficient (Wildman–Crippen LogP) is 3.43. The number of phenolic OH excluding ortho intramolecular Hbond substituents is 1. The quantitative estimate of drug-likeness (QED) is 0.469. The molecule has 0 aliphatic carbocycles. The molecule has 32 heavy (non-hydrogen) atoms. The Morgan fingerprint density at radius 3 is 2.66 bits per heavy atom. The third-order valence-electron chi connectivity index (χ3n) is 5.66. The van der Waals surface area contributed by atoms with E-state index in [1.807, 2.05) is 0 Å². The number of aromatic hydroxyl groups is 1. The molecule has 3 N–H and O–H groups in total. The van der Waals surface area contributed by atoms with Gasteiger partial charge in [-0.25, -0.2) is 9.37 Å². The highest BCUT2D eigenvalue weighted by Crippen LogP contribution is 2.39. The van der Waals surface area contributed by atoms with Crippen molar-refractivity contribution in [2.24, 2.45) is 5.73 Å². The van der Waals surface area contributed by atoms with Crippen molar-refractivity contribution >= 4 is 16.6 Å². The largest absolute Gasteiger partial charge is 0.505 e. The highest BCUT2D eigenvalue weighted by Gasteiger charge is 2.46. The summed E-state index contributed by atoms with van der Waals surface area (Å²) in [5.74, 6) is -1.09. The van der Waals surface area contributed by atoms with Crippen LogP contribution in [0.4, 0.5) is 17.6 Å². The maximum atomic E-state index is 14.0. The Morgan fingerprint density at radius 1 is 1.12 bits per heavy atom. The van der Waals surface area contributed by atoms with Crippen molar-refractivity contribution < 1.29 is 22.7 Å². The third kappa shape index (κ3) is 3.53. The highest BCUT2D eigenvalue weighted by atomic mass is 19.4. The normalized spacial score (nSPS) is 18.6. The van der Waals surface area contributed by atoms with E-state index in [0.29, 0.717) is 28.7 Å². The fourth-order valence-electron chi connectivity index (χ4n) is 4.16. The molecule has 11 heteroatoms. The fraction of sp³-hybridized carbons (Fsp3) is 0.286. The van der Waals surface area contributed by atoms with Gasteiger partial charge in [0.15, 0.2) is 23.0 Å². The van der Waals surface area contributed by atoms with E-state index in [-0.39, 0.29) is 30.5 Å². The van der Waals surface area contributed by atoms with Crippen LogP contribution in [-0.2, 0) is 0 Å². The number of nitrogens with zero attached hydrogens (tertiary/aromatic N) is 5. The maximum Gasteiger partial charge on any atom is 0.408 e. The van der Waals surface area contributed by atoms with Crippen LogP contribution in [0.25, 0.3) is 28.1 Å². The summed E-state index contributed by atoms with van der Waals surface area (Å²) < 4.78 is 57.0. The average Bonchev–Trinajstić information content (AvgIpc) is 3.34. The molecule has 1 aliphatic heterocycles. The number of halogens is 4. The second kappa shape index (κ2) is 7.38. The van der Waals surface area contributed by atoms with Crippen LogP contribution >= 0.6 is 0 Å². The van der Waals surface area contributed by atoms with Crippen LogP contribution < -0.4 is 5.73 Å². The minimum atomic E-state index is -4.49. The van der Waals surface area contributed by atoms with Gasteiger partial charge < -0.3 is 10.8 Å². The number of nitrogens with two attached hydrogens (primary N) is 1. The first-order valence-electron chi connectivity index (χ1n) is 9.91. The van der Waals surface area contributed by atoms with Gasteiger partial charge in [-0.05, 0) is 30.2 Å². The zero-order valence-corrected chi connectivity index (χ0v) is 16.6.